The molecule has 1 aliphatic heterocycles. The molecule has 0 aromatic heterocycles. The Morgan fingerprint density at radius 3 is 1.50 bits per heavy atom. The lowest BCUT2D eigenvalue weighted by Gasteiger charge is -2.10. The minimum Gasteiger partial charge on any atom is -0.321 e. The summed E-state index contributed by atoms with van der Waals surface area (Å²) in [5.74, 6) is -2.54. The van der Waals surface area contributed by atoms with Crippen LogP contribution in [-0.4, -0.2) is 17.6 Å². The van der Waals surface area contributed by atoms with Crippen LogP contribution in [0.25, 0.3) is 0 Å². The van der Waals surface area contributed by atoms with Crippen LogP contribution in [0.15, 0.2) is 0 Å². The quantitative estimate of drug-likeness (QED) is 0.388. The van der Waals surface area contributed by atoms with Gasteiger partial charge in [-0.1, -0.05) is 0 Å². The second-order valence-electron chi connectivity index (χ2n) is 2.55. The summed E-state index contributed by atoms with van der Waals surface area (Å²) in [4.78, 5) is 0. The highest BCUT2D eigenvalue weighted by atomic mass is 19.4. The van der Waals surface area contributed by atoms with E-state index in [1.165, 1.54) is 0 Å². The number of hydrogen-bond donors (Lipinski definition) is 0. The minimum atomic E-state index is -4.61. The standard InChI is InChI=1S/C5H6F4O/c1-3(5(7,8)9)4(2,6)10-3/h1-2H3. The molecule has 2 atom stereocenters. The average Bonchev–Trinajstić information content (AvgIpc) is 2.05. The molecule has 5 heteroatoms. The highest BCUT2D eigenvalue weighted by Gasteiger charge is 2.79. The van der Waals surface area contributed by atoms with Crippen molar-refractivity contribution in [2.45, 2.75) is 31.5 Å². The zero-order valence-electron chi connectivity index (χ0n) is 5.42. The van der Waals surface area contributed by atoms with Gasteiger partial charge in [0, 0.05) is 0 Å². The Kier molecular flexibility index (Phi) is 1.14. The summed E-state index contributed by atoms with van der Waals surface area (Å²) in [6, 6.07) is 0. The predicted octanol–water partition coefficient (Wildman–Crippen LogP) is 2.02. The summed E-state index contributed by atoms with van der Waals surface area (Å²) in [6.07, 6.45) is -4.61. The Hall–Kier alpha value is -0.320. The zero-order valence-corrected chi connectivity index (χ0v) is 5.42. The van der Waals surface area contributed by atoms with Crippen LogP contribution in [0.2, 0.25) is 0 Å². The molecule has 0 aliphatic carbocycles. The highest BCUT2D eigenvalue weighted by Crippen LogP contribution is 2.57. The molecule has 0 aromatic carbocycles. The molecule has 0 saturated carbocycles. The first-order valence-electron chi connectivity index (χ1n) is 2.66. The number of rotatable bonds is 0. The Balaban J connectivity index is 2.78. The number of hydrogen-bond acceptors (Lipinski definition) is 1. The summed E-state index contributed by atoms with van der Waals surface area (Å²) in [5.41, 5.74) is -2.58. The number of alkyl halides is 4. The maximum absolute atomic E-state index is 12.4. The van der Waals surface area contributed by atoms with Crippen LogP contribution in [0.3, 0.4) is 0 Å². The number of ether oxygens (including phenoxy) is 1. The molecule has 0 spiro atoms. The van der Waals surface area contributed by atoms with Crippen LogP contribution in [0.4, 0.5) is 17.6 Å². The van der Waals surface area contributed by atoms with Gasteiger partial charge >= 0.3 is 6.18 Å². The van der Waals surface area contributed by atoms with E-state index >= 15 is 0 Å². The maximum Gasteiger partial charge on any atom is 0.422 e. The van der Waals surface area contributed by atoms with Gasteiger partial charge in [-0.2, -0.15) is 13.2 Å². The molecule has 10 heavy (non-hydrogen) atoms. The Labute approximate surface area is 55.0 Å². The molecular formula is C5H6F4O. The van der Waals surface area contributed by atoms with Crippen LogP contribution >= 0.6 is 0 Å². The summed E-state index contributed by atoms with van der Waals surface area (Å²) in [5, 5.41) is 0. The average molecular weight is 158 g/mol. The van der Waals surface area contributed by atoms with Crippen LogP contribution in [0.5, 0.6) is 0 Å². The van der Waals surface area contributed by atoms with E-state index in [9.17, 15) is 17.6 Å². The lowest BCUT2D eigenvalue weighted by atomic mass is 10.1. The molecule has 1 nitrogen and oxygen atoms in total. The van der Waals surface area contributed by atoms with E-state index in [0.29, 0.717) is 6.92 Å². The predicted molar refractivity (Wildman–Crippen MR) is 25.1 cm³/mol. The second kappa shape index (κ2) is 1.47. The van der Waals surface area contributed by atoms with Crippen molar-refractivity contribution in [1.82, 2.24) is 0 Å². The van der Waals surface area contributed by atoms with Crippen molar-refractivity contribution >= 4 is 0 Å². The molecule has 0 N–H and O–H groups in total. The molecule has 0 radical (unpaired) electrons. The van der Waals surface area contributed by atoms with Gasteiger partial charge in [0.15, 0.2) is 0 Å². The first-order valence-corrected chi connectivity index (χ1v) is 2.66. The lowest BCUT2D eigenvalue weighted by molar-refractivity contribution is -0.180. The highest BCUT2D eigenvalue weighted by molar-refractivity contribution is 5.08. The summed E-state index contributed by atoms with van der Waals surface area (Å²) in [7, 11) is 0. The van der Waals surface area contributed by atoms with Gasteiger partial charge in [-0.15, -0.1) is 0 Å². The third-order valence-corrected chi connectivity index (χ3v) is 1.75. The number of epoxide rings is 1. The fourth-order valence-electron chi connectivity index (χ4n) is 0.669. The maximum atomic E-state index is 12.4. The molecule has 0 aromatic rings. The fraction of sp³-hybridized carbons (Fsp3) is 1.00. The first-order chi connectivity index (χ1) is 4.21. The molecule has 0 amide bonds. The molecule has 1 rings (SSSR count). The molecule has 1 heterocycles. The summed E-state index contributed by atoms with van der Waals surface area (Å²) < 4.78 is 51.5. The van der Waals surface area contributed by atoms with Gasteiger partial charge in [-0.05, 0) is 13.8 Å². The monoisotopic (exact) mass is 158 g/mol. The zero-order chi connectivity index (χ0) is 8.21. The Morgan fingerprint density at radius 2 is 1.50 bits per heavy atom. The molecule has 1 fully saturated rings. The normalized spacial score (nSPS) is 47.4. The molecule has 2 unspecified atom stereocenters. The third-order valence-electron chi connectivity index (χ3n) is 1.75. The van der Waals surface area contributed by atoms with Gasteiger partial charge in [0.25, 0.3) is 0 Å². The summed E-state index contributed by atoms with van der Waals surface area (Å²) >= 11 is 0. The van der Waals surface area contributed by atoms with Crippen molar-refractivity contribution in [1.29, 1.82) is 0 Å². The molecule has 1 aliphatic rings. The largest absolute Gasteiger partial charge is 0.422 e. The van der Waals surface area contributed by atoms with E-state index in [2.05, 4.69) is 4.74 Å². The minimum absolute atomic E-state index is 0.688. The molecule has 60 valence electrons. The summed E-state index contributed by atoms with van der Waals surface area (Å²) in [6.45, 7) is 1.45. The van der Waals surface area contributed by atoms with E-state index in [0.717, 1.165) is 6.92 Å². The van der Waals surface area contributed by atoms with Crippen LogP contribution in [-0.2, 0) is 4.74 Å². The first kappa shape index (κ1) is 7.78. The van der Waals surface area contributed by atoms with Crippen molar-refractivity contribution in [3.63, 3.8) is 0 Å². The lowest BCUT2D eigenvalue weighted by Crippen LogP contribution is -2.34. The van der Waals surface area contributed by atoms with Gasteiger partial charge in [-0.25, -0.2) is 4.39 Å². The van der Waals surface area contributed by atoms with Crippen LogP contribution in [0, 0.1) is 0 Å². The van der Waals surface area contributed by atoms with E-state index in [1.54, 1.807) is 0 Å². The van der Waals surface area contributed by atoms with E-state index in [-0.39, 0.29) is 0 Å². The molecular weight excluding hydrogens is 152 g/mol. The smallest absolute Gasteiger partial charge is 0.321 e. The van der Waals surface area contributed by atoms with E-state index in [1.807, 2.05) is 0 Å². The van der Waals surface area contributed by atoms with Crippen LogP contribution < -0.4 is 0 Å². The second-order valence-corrected chi connectivity index (χ2v) is 2.55. The van der Waals surface area contributed by atoms with Gasteiger partial charge < -0.3 is 4.74 Å². The van der Waals surface area contributed by atoms with Crippen molar-refractivity contribution in [3.8, 4) is 0 Å². The van der Waals surface area contributed by atoms with Gasteiger partial charge in [-0.3, -0.25) is 0 Å². The van der Waals surface area contributed by atoms with Crippen molar-refractivity contribution in [3.05, 3.63) is 0 Å². The third kappa shape index (κ3) is 0.729. The molecule has 1 saturated heterocycles. The fourth-order valence-corrected chi connectivity index (χ4v) is 0.669. The van der Waals surface area contributed by atoms with E-state index < -0.39 is 17.6 Å². The van der Waals surface area contributed by atoms with E-state index in [4.69, 9.17) is 0 Å². The Morgan fingerprint density at radius 1 is 1.20 bits per heavy atom. The topological polar surface area (TPSA) is 12.5 Å². The van der Waals surface area contributed by atoms with Crippen molar-refractivity contribution in [2.24, 2.45) is 0 Å². The number of halogens is 4. The van der Waals surface area contributed by atoms with Crippen molar-refractivity contribution in [2.75, 3.05) is 0 Å². The van der Waals surface area contributed by atoms with Crippen LogP contribution in [0.1, 0.15) is 13.8 Å². The Bertz CT molecular complexity index is 162. The molecule has 0 bridgehead atoms. The van der Waals surface area contributed by atoms with Gasteiger partial charge in [0.05, 0.1) is 0 Å². The van der Waals surface area contributed by atoms with Crippen molar-refractivity contribution < 1.29 is 22.3 Å². The SMILES string of the molecule is CC1(F)OC1(C)C(F)(F)F. The van der Waals surface area contributed by atoms with Gasteiger partial charge in [0.2, 0.25) is 11.5 Å². The van der Waals surface area contributed by atoms with Gasteiger partial charge in [0.1, 0.15) is 0 Å².